The van der Waals surface area contributed by atoms with Crippen molar-refractivity contribution in [1.82, 2.24) is 5.43 Å². The van der Waals surface area contributed by atoms with Crippen LogP contribution in [0.3, 0.4) is 0 Å². The molecule has 3 aromatic carbocycles. The standard InChI is InChI=1S/C28H28ClN3O6/c1-4-5-15-37-21-12-10-20(11-13-21)28(35)38-24-14-9-19(16-25(24)36-3)17-30-32-27(34)26(33)31-23-8-6-7-22(29)18(23)2/h6-14,16-17H,4-5,15H2,1-3H3,(H,31,33)(H,32,34)/b30-17+. The van der Waals surface area contributed by atoms with Gasteiger partial charge in [0.05, 0.1) is 25.5 Å². The largest absolute Gasteiger partial charge is 0.494 e. The number of esters is 1. The number of anilines is 1. The first-order valence-corrected chi connectivity index (χ1v) is 12.2. The lowest BCUT2D eigenvalue weighted by molar-refractivity contribution is -0.136. The van der Waals surface area contributed by atoms with Crippen LogP contribution in [0.5, 0.6) is 17.2 Å². The first kappa shape index (κ1) is 28.2. The maximum atomic E-state index is 12.6. The molecule has 3 aromatic rings. The van der Waals surface area contributed by atoms with Crippen molar-refractivity contribution < 1.29 is 28.6 Å². The number of amides is 2. The zero-order valence-corrected chi connectivity index (χ0v) is 22.0. The third kappa shape index (κ3) is 7.81. The number of halogens is 1. The number of hydrazone groups is 1. The van der Waals surface area contributed by atoms with Gasteiger partial charge in [0.1, 0.15) is 5.75 Å². The molecule has 38 heavy (non-hydrogen) atoms. The highest BCUT2D eigenvalue weighted by molar-refractivity contribution is 6.40. The molecule has 198 valence electrons. The number of nitrogens with zero attached hydrogens (tertiary/aromatic N) is 1. The van der Waals surface area contributed by atoms with Crippen LogP contribution in [0.15, 0.2) is 65.8 Å². The Bertz CT molecular complexity index is 1320. The fraction of sp³-hybridized carbons (Fsp3) is 0.214. The van der Waals surface area contributed by atoms with Crippen molar-refractivity contribution in [2.24, 2.45) is 5.10 Å². The zero-order valence-electron chi connectivity index (χ0n) is 21.2. The predicted octanol–water partition coefficient (Wildman–Crippen LogP) is 5.14. The molecule has 2 N–H and O–H groups in total. The Morgan fingerprint density at radius 1 is 1.00 bits per heavy atom. The van der Waals surface area contributed by atoms with Crippen LogP contribution >= 0.6 is 11.6 Å². The van der Waals surface area contributed by atoms with Crippen LogP contribution in [0.2, 0.25) is 5.02 Å². The van der Waals surface area contributed by atoms with Gasteiger partial charge < -0.3 is 19.5 Å². The summed E-state index contributed by atoms with van der Waals surface area (Å²) in [6.07, 6.45) is 3.31. The molecule has 0 bridgehead atoms. The third-order valence-corrected chi connectivity index (χ3v) is 5.76. The van der Waals surface area contributed by atoms with E-state index in [2.05, 4.69) is 22.8 Å². The number of carbonyl (C=O) groups excluding carboxylic acids is 3. The summed E-state index contributed by atoms with van der Waals surface area (Å²) in [6, 6.07) is 16.4. The van der Waals surface area contributed by atoms with E-state index in [1.54, 1.807) is 61.5 Å². The highest BCUT2D eigenvalue weighted by atomic mass is 35.5. The molecule has 0 aliphatic carbocycles. The number of hydrogen-bond donors (Lipinski definition) is 2. The fourth-order valence-electron chi connectivity index (χ4n) is 3.17. The number of methoxy groups -OCH3 is 1. The second-order valence-corrected chi connectivity index (χ2v) is 8.50. The Labute approximate surface area is 225 Å². The molecule has 3 rings (SSSR count). The highest BCUT2D eigenvalue weighted by Crippen LogP contribution is 2.28. The van der Waals surface area contributed by atoms with Crippen LogP contribution in [0.4, 0.5) is 5.69 Å². The fourth-order valence-corrected chi connectivity index (χ4v) is 3.34. The number of hydrogen-bond acceptors (Lipinski definition) is 7. The Balaban J connectivity index is 1.57. The van der Waals surface area contributed by atoms with Gasteiger partial charge in [-0.1, -0.05) is 31.0 Å². The van der Waals surface area contributed by atoms with Gasteiger partial charge in [-0.2, -0.15) is 5.10 Å². The van der Waals surface area contributed by atoms with Crippen LogP contribution < -0.4 is 25.0 Å². The molecule has 0 atom stereocenters. The molecule has 0 saturated heterocycles. The van der Waals surface area contributed by atoms with Crippen molar-refractivity contribution >= 4 is 41.3 Å². The normalized spacial score (nSPS) is 10.6. The van der Waals surface area contributed by atoms with Crippen LogP contribution in [0.1, 0.15) is 41.3 Å². The maximum Gasteiger partial charge on any atom is 0.343 e. The van der Waals surface area contributed by atoms with E-state index in [4.69, 9.17) is 25.8 Å². The molecule has 0 aliphatic rings. The molecule has 0 aliphatic heterocycles. The van der Waals surface area contributed by atoms with Crippen molar-refractivity contribution in [3.05, 3.63) is 82.4 Å². The topological polar surface area (TPSA) is 115 Å². The van der Waals surface area contributed by atoms with Crippen molar-refractivity contribution in [2.45, 2.75) is 26.7 Å². The lowest BCUT2D eigenvalue weighted by Gasteiger charge is -2.10. The Kier molecular flexibility index (Phi) is 10.2. The van der Waals surface area contributed by atoms with Crippen molar-refractivity contribution in [3.63, 3.8) is 0 Å². The number of benzene rings is 3. The van der Waals surface area contributed by atoms with Crippen molar-refractivity contribution in [1.29, 1.82) is 0 Å². The molecule has 10 heteroatoms. The number of carbonyl (C=O) groups is 3. The predicted molar refractivity (Wildman–Crippen MR) is 145 cm³/mol. The Morgan fingerprint density at radius 2 is 1.76 bits per heavy atom. The van der Waals surface area contributed by atoms with E-state index in [0.717, 1.165) is 12.8 Å². The molecule has 0 aromatic heterocycles. The molecule has 0 heterocycles. The monoisotopic (exact) mass is 537 g/mol. The van der Waals surface area contributed by atoms with E-state index in [-0.39, 0.29) is 11.5 Å². The van der Waals surface area contributed by atoms with Gasteiger partial charge >= 0.3 is 17.8 Å². The van der Waals surface area contributed by atoms with E-state index in [1.807, 2.05) is 0 Å². The summed E-state index contributed by atoms with van der Waals surface area (Å²) < 4.78 is 16.4. The van der Waals surface area contributed by atoms with Gasteiger partial charge in [-0.25, -0.2) is 10.2 Å². The van der Waals surface area contributed by atoms with Crippen LogP contribution in [0, 0.1) is 6.92 Å². The van der Waals surface area contributed by atoms with Gasteiger partial charge in [0.25, 0.3) is 0 Å². The quantitative estimate of drug-likeness (QED) is 0.0923. The number of rotatable bonds is 10. The molecule has 0 fully saturated rings. The lowest BCUT2D eigenvalue weighted by Crippen LogP contribution is -2.32. The molecular formula is C28H28ClN3O6. The summed E-state index contributed by atoms with van der Waals surface area (Å²) in [5.41, 5.74) is 4.11. The van der Waals surface area contributed by atoms with Crippen LogP contribution in [0.25, 0.3) is 0 Å². The second-order valence-electron chi connectivity index (χ2n) is 8.09. The van der Waals surface area contributed by atoms with Gasteiger partial charge in [-0.3, -0.25) is 9.59 Å². The van der Waals surface area contributed by atoms with Gasteiger partial charge in [0.2, 0.25) is 0 Å². The zero-order chi connectivity index (χ0) is 27.5. The van der Waals surface area contributed by atoms with Gasteiger partial charge in [-0.15, -0.1) is 0 Å². The first-order valence-electron chi connectivity index (χ1n) is 11.8. The molecule has 0 unspecified atom stereocenters. The average molecular weight is 538 g/mol. The van der Waals surface area contributed by atoms with E-state index < -0.39 is 17.8 Å². The smallest absolute Gasteiger partial charge is 0.343 e. The Morgan fingerprint density at radius 3 is 2.47 bits per heavy atom. The summed E-state index contributed by atoms with van der Waals surface area (Å²) in [6.45, 7) is 4.43. The van der Waals surface area contributed by atoms with E-state index in [9.17, 15) is 14.4 Å². The van der Waals surface area contributed by atoms with Crippen molar-refractivity contribution in [3.8, 4) is 17.2 Å². The minimum absolute atomic E-state index is 0.207. The van der Waals surface area contributed by atoms with E-state index in [1.165, 1.54) is 19.4 Å². The van der Waals surface area contributed by atoms with Crippen LogP contribution in [-0.2, 0) is 9.59 Å². The number of ether oxygens (including phenoxy) is 3. The lowest BCUT2D eigenvalue weighted by atomic mass is 10.2. The molecular weight excluding hydrogens is 510 g/mol. The molecule has 0 saturated carbocycles. The molecule has 0 spiro atoms. The highest BCUT2D eigenvalue weighted by Gasteiger charge is 2.15. The van der Waals surface area contributed by atoms with Crippen LogP contribution in [-0.4, -0.2) is 37.7 Å². The minimum Gasteiger partial charge on any atom is -0.494 e. The molecule has 0 radical (unpaired) electrons. The summed E-state index contributed by atoms with van der Waals surface area (Å²) in [7, 11) is 1.43. The minimum atomic E-state index is -0.958. The summed E-state index contributed by atoms with van der Waals surface area (Å²) >= 11 is 6.03. The third-order valence-electron chi connectivity index (χ3n) is 5.35. The van der Waals surface area contributed by atoms with Gasteiger partial charge in [0.15, 0.2) is 11.5 Å². The summed E-state index contributed by atoms with van der Waals surface area (Å²) in [4.78, 5) is 36.8. The van der Waals surface area contributed by atoms with E-state index >= 15 is 0 Å². The summed E-state index contributed by atoms with van der Waals surface area (Å²) in [5.74, 6) is -1.24. The molecule has 2 amide bonds. The first-order chi connectivity index (χ1) is 18.3. The maximum absolute atomic E-state index is 12.6. The number of nitrogens with one attached hydrogen (secondary N) is 2. The summed E-state index contributed by atoms with van der Waals surface area (Å²) in [5, 5.41) is 6.76. The van der Waals surface area contributed by atoms with Gasteiger partial charge in [0, 0.05) is 10.7 Å². The average Bonchev–Trinajstić information content (AvgIpc) is 2.92. The number of unbranched alkanes of at least 4 members (excludes halogenated alkanes) is 1. The SMILES string of the molecule is CCCCOc1ccc(C(=O)Oc2ccc(/C=N/NC(=O)C(=O)Nc3cccc(Cl)c3C)cc2OC)cc1. The van der Waals surface area contributed by atoms with E-state index in [0.29, 0.717) is 39.8 Å². The van der Waals surface area contributed by atoms with Crippen molar-refractivity contribution in [2.75, 3.05) is 19.0 Å². The Hall–Kier alpha value is -4.37. The second kappa shape index (κ2) is 13.8. The van der Waals surface area contributed by atoms with Gasteiger partial charge in [-0.05, 0) is 79.1 Å². The molecule has 9 nitrogen and oxygen atoms in total.